The first-order valence-corrected chi connectivity index (χ1v) is 6.54. The van der Waals surface area contributed by atoms with Gasteiger partial charge in [0.05, 0.1) is 22.8 Å². The van der Waals surface area contributed by atoms with Gasteiger partial charge in [0, 0.05) is 13.3 Å². The number of rotatable bonds is 1. The normalized spacial score (nSPS) is 17.8. The quantitative estimate of drug-likeness (QED) is 0.666. The fourth-order valence-corrected chi connectivity index (χ4v) is 3.00. The van der Waals surface area contributed by atoms with E-state index in [1.807, 2.05) is 0 Å². The second-order valence-electron chi connectivity index (χ2n) is 3.74. The number of aryl methyl sites for hydroxylation is 1. The SMILES string of the molecule is CC(=O)c1nc2c(c(=O)[nH]1)CS(=O)(=O)CC2. The number of hydrogen-bond donors (Lipinski definition) is 1. The standard InChI is InChI=1S/C9H10N2O4S/c1-5(12)8-10-7-2-3-16(14,15)4-6(7)9(13)11-8/h2-4H2,1H3,(H,10,11,13). The van der Waals surface area contributed by atoms with E-state index in [1.165, 1.54) is 6.92 Å². The molecule has 0 spiro atoms. The summed E-state index contributed by atoms with van der Waals surface area (Å²) in [6.07, 6.45) is 0.196. The van der Waals surface area contributed by atoms with Gasteiger partial charge in [-0.3, -0.25) is 9.59 Å². The van der Waals surface area contributed by atoms with Gasteiger partial charge in [-0.25, -0.2) is 13.4 Å². The van der Waals surface area contributed by atoms with Crippen LogP contribution in [-0.2, 0) is 22.0 Å². The predicted octanol–water partition coefficient (Wildman–Crippen LogP) is -0.557. The minimum Gasteiger partial charge on any atom is -0.304 e. The van der Waals surface area contributed by atoms with Crippen molar-refractivity contribution >= 4 is 15.6 Å². The van der Waals surface area contributed by atoms with E-state index in [0.717, 1.165) is 0 Å². The average molecular weight is 242 g/mol. The van der Waals surface area contributed by atoms with Gasteiger partial charge >= 0.3 is 0 Å². The third-order valence-corrected chi connectivity index (χ3v) is 4.00. The summed E-state index contributed by atoms with van der Waals surface area (Å²) in [5.74, 6) is -0.659. The van der Waals surface area contributed by atoms with E-state index in [0.29, 0.717) is 5.69 Å². The zero-order chi connectivity index (χ0) is 11.9. The van der Waals surface area contributed by atoms with Gasteiger partial charge in [0.1, 0.15) is 0 Å². The zero-order valence-electron chi connectivity index (χ0n) is 8.61. The number of carbonyl (C=O) groups is 1. The third-order valence-electron chi connectivity index (χ3n) is 2.45. The molecule has 0 bridgehead atoms. The van der Waals surface area contributed by atoms with Crippen LogP contribution in [0.2, 0.25) is 0 Å². The van der Waals surface area contributed by atoms with Crippen molar-refractivity contribution in [2.75, 3.05) is 5.75 Å². The Morgan fingerprint density at radius 3 is 2.75 bits per heavy atom. The molecule has 0 unspecified atom stereocenters. The van der Waals surface area contributed by atoms with Crippen LogP contribution < -0.4 is 5.56 Å². The van der Waals surface area contributed by atoms with Gasteiger partial charge in [0.15, 0.2) is 21.4 Å². The maximum atomic E-state index is 11.6. The van der Waals surface area contributed by atoms with Gasteiger partial charge in [-0.15, -0.1) is 0 Å². The number of aromatic amines is 1. The first-order valence-electron chi connectivity index (χ1n) is 4.72. The van der Waals surface area contributed by atoms with Crippen molar-refractivity contribution < 1.29 is 13.2 Å². The summed E-state index contributed by atoms with van der Waals surface area (Å²) in [6.45, 7) is 1.30. The highest BCUT2D eigenvalue weighted by atomic mass is 32.2. The molecule has 2 heterocycles. The Bertz CT molecular complexity index is 615. The van der Waals surface area contributed by atoms with Gasteiger partial charge in [0.2, 0.25) is 0 Å². The fraction of sp³-hybridized carbons (Fsp3) is 0.444. The smallest absolute Gasteiger partial charge is 0.255 e. The molecule has 1 aromatic heterocycles. The van der Waals surface area contributed by atoms with Crippen molar-refractivity contribution in [1.29, 1.82) is 0 Å². The highest BCUT2D eigenvalue weighted by Gasteiger charge is 2.25. The number of nitrogens with zero attached hydrogens (tertiary/aromatic N) is 1. The predicted molar refractivity (Wildman–Crippen MR) is 56.1 cm³/mol. The molecule has 0 saturated heterocycles. The van der Waals surface area contributed by atoms with Crippen molar-refractivity contribution in [3.8, 4) is 0 Å². The summed E-state index contributed by atoms with van der Waals surface area (Å²) in [6, 6.07) is 0. The Hall–Kier alpha value is -1.50. The maximum absolute atomic E-state index is 11.6. The lowest BCUT2D eigenvalue weighted by Gasteiger charge is -2.14. The minimum absolute atomic E-state index is 0.0111. The number of ketones is 1. The van der Waals surface area contributed by atoms with E-state index in [9.17, 15) is 18.0 Å². The molecule has 1 aromatic rings. The molecule has 0 aromatic carbocycles. The number of sulfone groups is 1. The van der Waals surface area contributed by atoms with Crippen molar-refractivity contribution in [2.45, 2.75) is 19.1 Å². The van der Waals surface area contributed by atoms with Crippen molar-refractivity contribution in [3.05, 3.63) is 27.4 Å². The second-order valence-corrected chi connectivity index (χ2v) is 5.92. The third kappa shape index (κ3) is 1.90. The molecule has 1 aliphatic heterocycles. The van der Waals surface area contributed by atoms with Crippen LogP contribution in [0.4, 0.5) is 0 Å². The molecule has 0 radical (unpaired) electrons. The summed E-state index contributed by atoms with van der Waals surface area (Å²) in [5, 5.41) is 0. The topological polar surface area (TPSA) is 97.0 Å². The summed E-state index contributed by atoms with van der Waals surface area (Å²) in [5.41, 5.74) is 0.0542. The highest BCUT2D eigenvalue weighted by molar-refractivity contribution is 7.90. The molecule has 0 fully saturated rings. The fourth-order valence-electron chi connectivity index (χ4n) is 1.61. The number of hydrogen-bond acceptors (Lipinski definition) is 5. The Labute approximate surface area is 91.6 Å². The van der Waals surface area contributed by atoms with Gasteiger partial charge in [-0.1, -0.05) is 0 Å². The van der Waals surface area contributed by atoms with Gasteiger partial charge < -0.3 is 4.98 Å². The van der Waals surface area contributed by atoms with E-state index in [2.05, 4.69) is 9.97 Å². The van der Waals surface area contributed by atoms with Crippen LogP contribution in [0.25, 0.3) is 0 Å². The van der Waals surface area contributed by atoms with Gasteiger partial charge in [-0.05, 0) is 0 Å². The molecule has 0 atom stereocenters. The lowest BCUT2D eigenvalue weighted by atomic mass is 10.2. The monoisotopic (exact) mass is 242 g/mol. The van der Waals surface area contributed by atoms with Crippen molar-refractivity contribution in [1.82, 2.24) is 9.97 Å². The van der Waals surface area contributed by atoms with Crippen LogP contribution >= 0.6 is 0 Å². The Kier molecular flexibility index (Phi) is 2.42. The van der Waals surface area contributed by atoms with Crippen LogP contribution in [-0.4, -0.2) is 29.9 Å². The molecular formula is C9H10N2O4S. The van der Waals surface area contributed by atoms with Crippen LogP contribution in [0, 0.1) is 0 Å². The number of H-pyrrole nitrogens is 1. The lowest BCUT2D eigenvalue weighted by molar-refractivity contribution is 0.100. The van der Waals surface area contributed by atoms with Crippen LogP contribution in [0.3, 0.4) is 0 Å². The minimum atomic E-state index is -3.20. The molecular weight excluding hydrogens is 232 g/mol. The second kappa shape index (κ2) is 3.51. The molecule has 1 N–H and O–H groups in total. The first-order chi connectivity index (χ1) is 7.39. The van der Waals surface area contributed by atoms with Crippen LogP contribution in [0.5, 0.6) is 0 Å². The highest BCUT2D eigenvalue weighted by Crippen LogP contribution is 2.15. The molecule has 0 amide bonds. The summed E-state index contributed by atoms with van der Waals surface area (Å²) < 4.78 is 22.7. The van der Waals surface area contributed by atoms with E-state index >= 15 is 0 Å². The van der Waals surface area contributed by atoms with Crippen molar-refractivity contribution in [3.63, 3.8) is 0 Å². The largest absolute Gasteiger partial charge is 0.304 e. The summed E-state index contributed by atoms with van der Waals surface area (Å²) >= 11 is 0. The Balaban J connectivity index is 2.61. The van der Waals surface area contributed by atoms with Crippen molar-refractivity contribution in [2.24, 2.45) is 0 Å². The van der Waals surface area contributed by atoms with Crippen LogP contribution in [0.15, 0.2) is 4.79 Å². The van der Waals surface area contributed by atoms with E-state index in [1.54, 1.807) is 0 Å². The first kappa shape index (κ1) is 11.0. The molecule has 86 valence electrons. The average Bonchev–Trinajstić information content (AvgIpc) is 2.18. The number of fused-ring (bicyclic) bond motifs is 1. The Morgan fingerprint density at radius 2 is 2.12 bits per heavy atom. The molecule has 0 aliphatic carbocycles. The number of aromatic nitrogens is 2. The number of nitrogens with one attached hydrogen (secondary N) is 1. The number of Topliss-reactive ketones (excluding diaryl/α,β-unsaturated/α-hetero) is 1. The zero-order valence-corrected chi connectivity index (χ0v) is 9.43. The van der Waals surface area contributed by atoms with E-state index in [-0.39, 0.29) is 35.1 Å². The van der Waals surface area contributed by atoms with Gasteiger partial charge in [0.25, 0.3) is 5.56 Å². The van der Waals surface area contributed by atoms with Gasteiger partial charge in [-0.2, -0.15) is 0 Å². The molecule has 2 rings (SSSR count). The number of carbonyl (C=O) groups excluding carboxylic acids is 1. The Morgan fingerprint density at radius 1 is 1.44 bits per heavy atom. The maximum Gasteiger partial charge on any atom is 0.255 e. The van der Waals surface area contributed by atoms with Crippen LogP contribution in [0.1, 0.15) is 28.8 Å². The molecule has 16 heavy (non-hydrogen) atoms. The van der Waals surface area contributed by atoms with E-state index < -0.39 is 15.4 Å². The molecule has 1 aliphatic rings. The molecule has 7 heteroatoms. The lowest BCUT2D eigenvalue weighted by Crippen LogP contribution is -2.29. The molecule has 0 saturated carbocycles. The van der Waals surface area contributed by atoms with E-state index in [4.69, 9.17) is 0 Å². The molecule has 6 nitrogen and oxygen atoms in total. The summed E-state index contributed by atoms with van der Waals surface area (Å²) in [4.78, 5) is 28.9. The summed E-state index contributed by atoms with van der Waals surface area (Å²) in [7, 11) is -3.20.